The summed E-state index contributed by atoms with van der Waals surface area (Å²) in [7, 11) is 0. The predicted molar refractivity (Wildman–Crippen MR) is 77.9 cm³/mol. The lowest BCUT2D eigenvalue weighted by atomic mass is 10.1. The van der Waals surface area contributed by atoms with Gasteiger partial charge in [0.15, 0.2) is 0 Å². The number of halogens is 1. The van der Waals surface area contributed by atoms with Gasteiger partial charge in [-0.3, -0.25) is 4.79 Å². The van der Waals surface area contributed by atoms with Gasteiger partial charge in [-0.05, 0) is 49.9 Å². The lowest BCUT2D eigenvalue weighted by molar-refractivity contribution is -0.119. The lowest BCUT2D eigenvalue weighted by Gasteiger charge is -2.29. The Balaban J connectivity index is 3.13. The van der Waals surface area contributed by atoms with Crippen molar-refractivity contribution in [2.75, 3.05) is 4.90 Å². The fourth-order valence-corrected chi connectivity index (χ4v) is 2.14. The van der Waals surface area contributed by atoms with Gasteiger partial charge in [0, 0.05) is 18.2 Å². The minimum atomic E-state index is -0.196. The number of anilines is 1. The van der Waals surface area contributed by atoms with Crippen LogP contribution in [0.1, 0.15) is 52.5 Å². The molecule has 1 amide bonds. The molecule has 0 aromatic heterocycles. The molecule has 1 rings (SSSR count). The molecule has 0 heterocycles. The van der Waals surface area contributed by atoms with Crippen LogP contribution in [0.2, 0.25) is 0 Å². The van der Waals surface area contributed by atoms with Crippen molar-refractivity contribution < 1.29 is 9.18 Å². The van der Waals surface area contributed by atoms with E-state index in [9.17, 15) is 9.18 Å². The molecule has 0 fully saturated rings. The fraction of sp³-hybridized carbons (Fsp3) is 0.562. The van der Waals surface area contributed by atoms with E-state index in [1.54, 1.807) is 12.1 Å². The molecule has 0 radical (unpaired) electrons. The van der Waals surface area contributed by atoms with Crippen LogP contribution >= 0.6 is 0 Å². The Morgan fingerprint density at radius 3 is 2.53 bits per heavy atom. The number of carbonyl (C=O) groups excluding carboxylic acids is 1. The highest BCUT2D eigenvalue weighted by Gasteiger charge is 2.20. The van der Waals surface area contributed by atoms with Gasteiger partial charge in [-0.1, -0.05) is 20.8 Å². The molecule has 1 aromatic rings. The largest absolute Gasteiger partial charge is 0.310 e. The molecule has 0 N–H and O–H groups in total. The third-order valence-electron chi connectivity index (χ3n) is 3.45. The predicted octanol–water partition coefficient (Wildman–Crippen LogP) is 4.32. The first-order chi connectivity index (χ1) is 9.04. The highest BCUT2D eigenvalue weighted by Crippen LogP contribution is 2.23. The number of carbonyl (C=O) groups is 1. The minimum absolute atomic E-state index is 0.116. The van der Waals surface area contributed by atoms with E-state index in [0.717, 1.165) is 18.5 Å². The Labute approximate surface area is 115 Å². The summed E-state index contributed by atoms with van der Waals surface area (Å²) in [5, 5.41) is 0. The van der Waals surface area contributed by atoms with Crippen LogP contribution in [0, 0.1) is 5.82 Å². The van der Waals surface area contributed by atoms with E-state index in [1.807, 2.05) is 25.7 Å². The molecule has 0 aliphatic heterocycles. The first-order valence-electron chi connectivity index (χ1n) is 7.15. The number of aryl methyl sites for hydroxylation is 1. The highest BCUT2D eigenvalue weighted by atomic mass is 19.1. The van der Waals surface area contributed by atoms with Gasteiger partial charge in [0.25, 0.3) is 0 Å². The Morgan fingerprint density at radius 2 is 2.00 bits per heavy atom. The maximum atomic E-state index is 13.6. The van der Waals surface area contributed by atoms with Gasteiger partial charge in [-0.15, -0.1) is 0 Å². The molecular formula is C16H24FNO. The van der Waals surface area contributed by atoms with E-state index < -0.39 is 0 Å². The second kappa shape index (κ2) is 7.27. The molecule has 1 atom stereocenters. The Morgan fingerprint density at radius 1 is 1.32 bits per heavy atom. The van der Waals surface area contributed by atoms with E-state index in [0.29, 0.717) is 18.4 Å². The van der Waals surface area contributed by atoms with Crippen molar-refractivity contribution in [2.24, 2.45) is 0 Å². The van der Waals surface area contributed by atoms with Crippen molar-refractivity contribution in [3.05, 3.63) is 29.6 Å². The van der Waals surface area contributed by atoms with Crippen molar-refractivity contribution in [3.63, 3.8) is 0 Å². The molecule has 1 aromatic carbocycles. The summed E-state index contributed by atoms with van der Waals surface area (Å²) < 4.78 is 13.6. The SMILES string of the molecule is CCCC(=O)N(c1ccc(F)c(CC)c1)C(C)CC. The number of benzene rings is 1. The molecule has 1 unspecified atom stereocenters. The van der Waals surface area contributed by atoms with E-state index in [4.69, 9.17) is 0 Å². The third kappa shape index (κ3) is 3.79. The van der Waals surface area contributed by atoms with Crippen LogP contribution in [0.4, 0.5) is 10.1 Å². The third-order valence-corrected chi connectivity index (χ3v) is 3.45. The monoisotopic (exact) mass is 265 g/mol. The van der Waals surface area contributed by atoms with Gasteiger partial charge in [0.05, 0.1) is 0 Å². The zero-order valence-corrected chi connectivity index (χ0v) is 12.4. The molecule has 19 heavy (non-hydrogen) atoms. The fourth-order valence-electron chi connectivity index (χ4n) is 2.14. The zero-order chi connectivity index (χ0) is 14.4. The summed E-state index contributed by atoms with van der Waals surface area (Å²) in [6, 6.07) is 5.10. The second-order valence-corrected chi connectivity index (χ2v) is 4.90. The van der Waals surface area contributed by atoms with Gasteiger partial charge in [0.1, 0.15) is 5.82 Å². The molecule has 0 aliphatic carbocycles. The molecule has 0 aliphatic rings. The average molecular weight is 265 g/mol. The molecule has 106 valence electrons. The van der Waals surface area contributed by atoms with Crippen LogP contribution in [-0.2, 0) is 11.2 Å². The molecule has 0 saturated heterocycles. The van der Waals surface area contributed by atoms with Crippen LogP contribution in [0.15, 0.2) is 18.2 Å². The van der Waals surface area contributed by atoms with Crippen molar-refractivity contribution in [3.8, 4) is 0 Å². The molecule has 2 nitrogen and oxygen atoms in total. The number of hydrogen-bond acceptors (Lipinski definition) is 1. The first kappa shape index (κ1) is 15.7. The van der Waals surface area contributed by atoms with Gasteiger partial charge < -0.3 is 4.90 Å². The van der Waals surface area contributed by atoms with Gasteiger partial charge in [-0.25, -0.2) is 4.39 Å². The molecule has 0 spiro atoms. The first-order valence-corrected chi connectivity index (χ1v) is 7.15. The van der Waals surface area contributed by atoms with Crippen LogP contribution in [0.3, 0.4) is 0 Å². The van der Waals surface area contributed by atoms with Gasteiger partial charge in [0.2, 0.25) is 5.91 Å². The Hall–Kier alpha value is -1.38. The van der Waals surface area contributed by atoms with Crippen molar-refractivity contribution in [1.82, 2.24) is 0 Å². The lowest BCUT2D eigenvalue weighted by Crippen LogP contribution is -2.38. The van der Waals surface area contributed by atoms with Crippen molar-refractivity contribution in [2.45, 2.75) is 59.4 Å². The summed E-state index contributed by atoms with van der Waals surface area (Å²) in [6.45, 7) is 8.00. The summed E-state index contributed by atoms with van der Waals surface area (Å²) in [6.07, 6.45) is 2.88. The van der Waals surface area contributed by atoms with E-state index in [-0.39, 0.29) is 17.8 Å². The maximum absolute atomic E-state index is 13.6. The molecule has 0 bridgehead atoms. The topological polar surface area (TPSA) is 20.3 Å². The normalized spacial score (nSPS) is 12.3. The quantitative estimate of drug-likeness (QED) is 0.750. The van der Waals surface area contributed by atoms with Crippen molar-refractivity contribution in [1.29, 1.82) is 0 Å². The summed E-state index contributed by atoms with van der Waals surface area (Å²) >= 11 is 0. The van der Waals surface area contributed by atoms with E-state index in [2.05, 4.69) is 6.92 Å². The summed E-state index contributed by atoms with van der Waals surface area (Å²) in [4.78, 5) is 14.1. The standard InChI is InChI=1S/C16H24FNO/c1-5-8-16(19)18(12(4)6-2)14-9-10-15(17)13(7-3)11-14/h9-12H,5-8H2,1-4H3. The van der Waals surface area contributed by atoms with E-state index >= 15 is 0 Å². The number of hydrogen-bond donors (Lipinski definition) is 0. The Kier molecular flexibility index (Phi) is 6.00. The van der Waals surface area contributed by atoms with Crippen LogP contribution in [-0.4, -0.2) is 11.9 Å². The smallest absolute Gasteiger partial charge is 0.227 e. The molecule has 0 saturated carbocycles. The minimum Gasteiger partial charge on any atom is -0.310 e. The maximum Gasteiger partial charge on any atom is 0.227 e. The second-order valence-electron chi connectivity index (χ2n) is 4.90. The molecular weight excluding hydrogens is 241 g/mol. The van der Waals surface area contributed by atoms with Gasteiger partial charge >= 0.3 is 0 Å². The average Bonchev–Trinajstić information content (AvgIpc) is 2.40. The van der Waals surface area contributed by atoms with Gasteiger partial charge in [-0.2, -0.15) is 0 Å². The summed E-state index contributed by atoms with van der Waals surface area (Å²) in [5.74, 6) is -0.0798. The van der Waals surface area contributed by atoms with Crippen molar-refractivity contribution >= 4 is 11.6 Å². The van der Waals surface area contributed by atoms with Crippen LogP contribution in [0.5, 0.6) is 0 Å². The number of rotatable bonds is 6. The number of amides is 1. The van der Waals surface area contributed by atoms with Crippen LogP contribution in [0.25, 0.3) is 0 Å². The van der Waals surface area contributed by atoms with Crippen LogP contribution < -0.4 is 4.90 Å². The Bertz CT molecular complexity index is 431. The highest BCUT2D eigenvalue weighted by molar-refractivity contribution is 5.93. The number of nitrogens with zero attached hydrogens (tertiary/aromatic N) is 1. The van der Waals surface area contributed by atoms with E-state index in [1.165, 1.54) is 6.07 Å². The molecule has 3 heteroatoms. The zero-order valence-electron chi connectivity index (χ0n) is 12.4. The summed E-state index contributed by atoms with van der Waals surface area (Å²) in [5.41, 5.74) is 1.47.